The molecule has 41 heavy (non-hydrogen) atoms. The second-order valence-corrected chi connectivity index (χ2v) is 10.4. The second-order valence-electron chi connectivity index (χ2n) is 10.0. The van der Waals surface area contributed by atoms with Crippen LogP contribution in [0.2, 0.25) is 5.02 Å². The zero-order chi connectivity index (χ0) is 29.1. The molecular weight excluding hydrogens is 534 g/mol. The molecule has 5 rings (SSSR count). The van der Waals surface area contributed by atoms with Crippen LogP contribution < -0.4 is 19.9 Å². The van der Waals surface area contributed by atoms with E-state index in [1.165, 1.54) is 0 Å². The number of hydrogen-bond donors (Lipinski definition) is 2. The van der Waals surface area contributed by atoms with Crippen molar-refractivity contribution in [3.63, 3.8) is 0 Å². The van der Waals surface area contributed by atoms with Gasteiger partial charge in [0.1, 0.15) is 11.5 Å². The maximum absolute atomic E-state index is 12.4. The normalized spacial score (nSPS) is 13.5. The zero-order valence-corrected chi connectivity index (χ0v) is 24.7. The van der Waals surface area contributed by atoms with Crippen LogP contribution in [0.3, 0.4) is 0 Å². The van der Waals surface area contributed by atoms with Crippen molar-refractivity contribution >= 4 is 40.3 Å². The lowest BCUT2D eigenvalue weighted by atomic mass is 9.80. The van der Waals surface area contributed by atoms with E-state index in [9.17, 15) is 9.90 Å². The Bertz CT molecular complexity index is 1560. The molecule has 1 aliphatic heterocycles. The number of hydrogen-bond acceptors (Lipinski definition) is 5. The largest absolute Gasteiger partial charge is 0.478 e. The topological polar surface area (TPSA) is 65.0 Å². The van der Waals surface area contributed by atoms with E-state index in [4.69, 9.17) is 16.3 Å². The molecule has 0 aliphatic carbocycles. The van der Waals surface area contributed by atoms with Crippen LogP contribution in [-0.2, 0) is 0 Å². The van der Waals surface area contributed by atoms with E-state index in [-0.39, 0.29) is 11.5 Å². The molecule has 1 aliphatic rings. The van der Waals surface area contributed by atoms with Gasteiger partial charge in [-0.05, 0) is 63.6 Å². The van der Waals surface area contributed by atoms with Crippen LogP contribution in [0.25, 0.3) is 0 Å². The minimum Gasteiger partial charge on any atom is -0.478 e. The minimum atomic E-state index is -0.955. The fourth-order valence-electron chi connectivity index (χ4n) is 5.73. The van der Waals surface area contributed by atoms with Crippen molar-refractivity contribution in [2.45, 2.75) is 33.6 Å². The van der Waals surface area contributed by atoms with E-state index in [1.54, 1.807) is 12.1 Å². The van der Waals surface area contributed by atoms with Crippen LogP contribution in [0.4, 0.5) is 22.7 Å². The molecule has 0 saturated carbocycles. The Labute approximate surface area is 247 Å². The Balaban J connectivity index is 1.76. The van der Waals surface area contributed by atoms with Crippen molar-refractivity contribution < 1.29 is 14.6 Å². The molecule has 0 aromatic heterocycles. The van der Waals surface area contributed by atoms with Gasteiger partial charge in [0.2, 0.25) is 0 Å². The molecule has 0 saturated heterocycles. The van der Waals surface area contributed by atoms with Crippen LogP contribution in [0, 0.1) is 0 Å². The number of aromatic carboxylic acids is 1. The third-order valence-electron chi connectivity index (χ3n) is 7.85. The first-order chi connectivity index (χ1) is 19.9. The standard InChI is InChI=1S/C34H36ClN3O3/c1-5-37(6-2)22-17-18-25-31(19-22)41-32-21-30(38(7-3)8-4)29(36-28-16-12-11-15-27(28)35)20-26(32)33(25)23-13-9-10-14-24(23)34(39)40/h9-21,33,36H,5-8H2,1-4H3,(H,39,40). The Hall–Kier alpha value is -4.16. The van der Waals surface area contributed by atoms with Gasteiger partial charge in [-0.3, -0.25) is 0 Å². The second kappa shape index (κ2) is 12.1. The van der Waals surface area contributed by atoms with Gasteiger partial charge in [-0.2, -0.15) is 0 Å². The average Bonchev–Trinajstić information content (AvgIpc) is 2.98. The highest BCUT2D eigenvalue weighted by atomic mass is 35.5. The van der Waals surface area contributed by atoms with E-state index in [1.807, 2.05) is 36.4 Å². The van der Waals surface area contributed by atoms with Crippen molar-refractivity contribution in [3.05, 3.63) is 106 Å². The summed E-state index contributed by atoms with van der Waals surface area (Å²) in [5, 5.41) is 14.3. The highest BCUT2D eigenvalue weighted by molar-refractivity contribution is 6.33. The first-order valence-electron chi connectivity index (χ1n) is 14.2. The lowest BCUT2D eigenvalue weighted by Crippen LogP contribution is -2.24. The van der Waals surface area contributed by atoms with Gasteiger partial charge >= 0.3 is 5.97 Å². The summed E-state index contributed by atoms with van der Waals surface area (Å²) < 4.78 is 6.66. The summed E-state index contributed by atoms with van der Waals surface area (Å²) in [4.78, 5) is 16.9. The molecule has 0 bridgehead atoms. The molecule has 0 spiro atoms. The summed E-state index contributed by atoms with van der Waals surface area (Å²) >= 11 is 6.56. The van der Waals surface area contributed by atoms with Crippen molar-refractivity contribution in [2.75, 3.05) is 41.3 Å². The fourth-order valence-corrected chi connectivity index (χ4v) is 5.92. The number of fused-ring (bicyclic) bond motifs is 2. The van der Waals surface area contributed by atoms with Crippen molar-refractivity contribution in [2.24, 2.45) is 0 Å². The Morgan fingerprint density at radius 2 is 1.44 bits per heavy atom. The fraction of sp³-hybridized carbons (Fsp3) is 0.265. The monoisotopic (exact) mass is 569 g/mol. The molecule has 2 N–H and O–H groups in total. The summed E-state index contributed by atoms with van der Waals surface area (Å²) in [5.41, 5.74) is 6.56. The Morgan fingerprint density at radius 1 is 0.780 bits per heavy atom. The molecule has 1 unspecified atom stereocenters. The average molecular weight is 570 g/mol. The number of halogens is 1. The van der Waals surface area contributed by atoms with Gasteiger partial charge in [0.15, 0.2) is 0 Å². The van der Waals surface area contributed by atoms with Gasteiger partial charge in [-0.1, -0.05) is 48.0 Å². The van der Waals surface area contributed by atoms with Crippen LogP contribution in [0.1, 0.15) is 60.7 Å². The number of benzene rings is 4. The molecule has 1 atom stereocenters. The van der Waals surface area contributed by atoms with Crippen LogP contribution in [0.5, 0.6) is 11.5 Å². The number of nitrogens with one attached hydrogen (secondary N) is 1. The number of nitrogens with zero attached hydrogens (tertiary/aromatic N) is 2. The van der Waals surface area contributed by atoms with Gasteiger partial charge in [0, 0.05) is 61.0 Å². The number of rotatable bonds is 10. The van der Waals surface area contributed by atoms with Crippen molar-refractivity contribution in [1.29, 1.82) is 0 Å². The van der Waals surface area contributed by atoms with E-state index in [0.29, 0.717) is 10.8 Å². The van der Waals surface area contributed by atoms with Gasteiger partial charge in [-0.25, -0.2) is 4.79 Å². The van der Waals surface area contributed by atoms with Crippen molar-refractivity contribution in [3.8, 4) is 11.5 Å². The summed E-state index contributed by atoms with van der Waals surface area (Å²) in [6, 6.07) is 25.3. The molecule has 4 aromatic rings. The quantitative estimate of drug-likeness (QED) is 0.175. The number of carboxylic acids is 1. The van der Waals surface area contributed by atoms with Gasteiger partial charge in [0.05, 0.1) is 27.6 Å². The Morgan fingerprint density at radius 3 is 2.12 bits per heavy atom. The summed E-state index contributed by atoms with van der Waals surface area (Å²) in [7, 11) is 0. The molecule has 1 heterocycles. The smallest absolute Gasteiger partial charge is 0.335 e. The maximum atomic E-state index is 12.4. The molecule has 4 aromatic carbocycles. The van der Waals surface area contributed by atoms with Gasteiger partial charge in [0.25, 0.3) is 0 Å². The van der Waals surface area contributed by atoms with Crippen LogP contribution in [0.15, 0.2) is 78.9 Å². The van der Waals surface area contributed by atoms with E-state index >= 15 is 0 Å². The SMILES string of the molecule is CCN(CC)c1ccc2c(c1)Oc1cc(N(CC)CC)c(Nc3ccccc3Cl)cc1C2c1ccccc1C(=O)O. The minimum absolute atomic E-state index is 0.276. The maximum Gasteiger partial charge on any atom is 0.335 e. The van der Waals surface area contributed by atoms with E-state index in [0.717, 1.165) is 71.4 Å². The summed E-state index contributed by atoms with van der Waals surface area (Å²) in [6.45, 7) is 11.9. The number of carbonyl (C=O) groups is 1. The molecule has 0 fully saturated rings. The molecule has 7 heteroatoms. The highest BCUT2D eigenvalue weighted by Gasteiger charge is 2.33. The summed E-state index contributed by atoms with van der Waals surface area (Å²) in [5.74, 6) is 0.156. The summed E-state index contributed by atoms with van der Waals surface area (Å²) in [6.07, 6.45) is 0. The number of anilines is 4. The van der Waals surface area contributed by atoms with E-state index < -0.39 is 5.97 Å². The lowest BCUT2D eigenvalue weighted by Gasteiger charge is -2.33. The van der Waals surface area contributed by atoms with Gasteiger partial charge in [-0.15, -0.1) is 0 Å². The number of ether oxygens (including phenoxy) is 1. The zero-order valence-electron chi connectivity index (χ0n) is 23.9. The molecule has 0 amide bonds. The van der Waals surface area contributed by atoms with Crippen LogP contribution in [-0.4, -0.2) is 37.3 Å². The predicted octanol–water partition coefficient (Wildman–Crippen LogP) is 8.76. The number of para-hydroxylation sites is 1. The highest BCUT2D eigenvalue weighted by Crippen LogP contribution is 2.52. The third kappa shape index (κ3) is 5.44. The third-order valence-corrected chi connectivity index (χ3v) is 8.17. The first kappa shape index (κ1) is 28.4. The number of carboxylic acid groups (broad SMARTS) is 1. The molecular formula is C34H36ClN3O3. The van der Waals surface area contributed by atoms with Crippen molar-refractivity contribution in [1.82, 2.24) is 0 Å². The molecule has 212 valence electrons. The van der Waals surface area contributed by atoms with Crippen LogP contribution >= 0.6 is 11.6 Å². The van der Waals surface area contributed by atoms with E-state index in [2.05, 4.69) is 73.1 Å². The Kier molecular flexibility index (Phi) is 8.41. The molecule has 6 nitrogen and oxygen atoms in total. The first-order valence-corrected chi connectivity index (χ1v) is 14.6. The lowest BCUT2D eigenvalue weighted by molar-refractivity contribution is 0.0695. The van der Waals surface area contributed by atoms with Gasteiger partial charge < -0.3 is 25.0 Å². The molecule has 0 radical (unpaired) electrons. The predicted molar refractivity (Wildman–Crippen MR) is 169 cm³/mol.